The van der Waals surface area contributed by atoms with E-state index < -0.39 is 0 Å². The van der Waals surface area contributed by atoms with Crippen LogP contribution in [0.1, 0.15) is 0 Å². The molecular weight excluding hydrogens is 715 g/mol. The summed E-state index contributed by atoms with van der Waals surface area (Å²) in [6.45, 7) is 0. The molecule has 0 amide bonds. The van der Waals surface area contributed by atoms with Crippen molar-refractivity contribution < 1.29 is 4.42 Å². The van der Waals surface area contributed by atoms with Gasteiger partial charge in [-0.15, -0.1) is 11.3 Å². The zero-order valence-electron chi connectivity index (χ0n) is 30.6. The largest absolute Gasteiger partial charge is 0.452 e. The van der Waals surface area contributed by atoms with Crippen LogP contribution < -0.4 is 0 Å². The third-order valence-corrected chi connectivity index (χ3v) is 12.5. The minimum Gasteiger partial charge on any atom is -0.452 e. The van der Waals surface area contributed by atoms with Gasteiger partial charge in [-0.25, -0.2) is 9.97 Å². The summed E-state index contributed by atoms with van der Waals surface area (Å²) in [4.78, 5) is 9.57. The van der Waals surface area contributed by atoms with Gasteiger partial charge < -0.3 is 8.98 Å². The average molecular weight is 746 g/mol. The highest BCUT2D eigenvalue weighted by Gasteiger charge is 2.18. The van der Waals surface area contributed by atoms with Gasteiger partial charge in [-0.2, -0.15) is 0 Å². The molecule has 0 aliphatic carbocycles. The van der Waals surface area contributed by atoms with Crippen molar-refractivity contribution in [3.05, 3.63) is 188 Å². The maximum absolute atomic E-state index is 6.57. The van der Waals surface area contributed by atoms with Gasteiger partial charge in [-0.05, 0) is 88.0 Å². The first kappa shape index (κ1) is 32.0. The van der Waals surface area contributed by atoms with E-state index in [9.17, 15) is 0 Å². The number of fused-ring (bicyclic) bond motifs is 9. The van der Waals surface area contributed by atoms with Gasteiger partial charge in [0.15, 0.2) is 5.58 Å². The van der Waals surface area contributed by atoms with Gasteiger partial charge in [-0.3, -0.25) is 0 Å². The van der Waals surface area contributed by atoms with E-state index in [-0.39, 0.29) is 0 Å². The second-order valence-electron chi connectivity index (χ2n) is 14.6. The van der Waals surface area contributed by atoms with E-state index in [1.54, 1.807) is 6.33 Å². The van der Waals surface area contributed by atoms with E-state index in [2.05, 4.69) is 187 Å². The number of furan rings is 1. The monoisotopic (exact) mass is 745 g/mol. The number of hydrogen-bond donors (Lipinski definition) is 0. The maximum Gasteiger partial charge on any atom is 0.180 e. The number of thiophene rings is 1. The van der Waals surface area contributed by atoms with E-state index >= 15 is 0 Å². The Kier molecular flexibility index (Phi) is 7.06. The van der Waals surface area contributed by atoms with Crippen LogP contribution in [0, 0.1) is 0 Å². The average Bonchev–Trinajstić information content (AvgIpc) is 3.96. The van der Waals surface area contributed by atoms with Gasteiger partial charge in [0.2, 0.25) is 0 Å². The number of benzene rings is 8. The molecule has 4 heterocycles. The lowest BCUT2D eigenvalue weighted by atomic mass is 9.96. The highest BCUT2D eigenvalue weighted by Crippen LogP contribution is 2.42. The standard InChI is InChI=1S/C52H31N3OS/c1-4-22-45-40(17-1)41-18-2-5-23-46(41)55(45)38-16-9-13-34(29-38)35-25-26-47-44(30-35)50-51(56-47)49(53-31-54-50)37-15-8-12-33(28-37)32-11-7-14-36(27-32)39-20-10-21-43-42-19-3-6-24-48(42)57-52(39)43/h1-31H. The fourth-order valence-corrected chi connectivity index (χ4v) is 9.91. The minimum atomic E-state index is 0.686. The van der Waals surface area contributed by atoms with Gasteiger partial charge in [0.25, 0.3) is 0 Å². The normalized spacial score (nSPS) is 11.9. The highest BCUT2D eigenvalue weighted by atomic mass is 32.1. The molecule has 0 bridgehead atoms. The van der Waals surface area contributed by atoms with Crippen LogP contribution in [0.15, 0.2) is 193 Å². The number of rotatable bonds is 5. The number of nitrogens with zero attached hydrogens (tertiary/aromatic N) is 3. The van der Waals surface area contributed by atoms with Crippen molar-refractivity contribution in [3.63, 3.8) is 0 Å². The zero-order valence-corrected chi connectivity index (χ0v) is 31.4. The molecular formula is C52H31N3OS. The summed E-state index contributed by atoms with van der Waals surface area (Å²) in [5, 5.41) is 6.08. The van der Waals surface area contributed by atoms with Crippen molar-refractivity contribution >= 4 is 75.4 Å². The second-order valence-corrected chi connectivity index (χ2v) is 15.6. The van der Waals surface area contributed by atoms with E-state index in [4.69, 9.17) is 14.4 Å². The Morgan fingerprint density at radius 3 is 1.86 bits per heavy atom. The van der Waals surface area contributed by atoms with Crippen molar-refractivity contribution in [2.24, 2.45) is 0 Å². The molecule has 0 atom stereocenters. The first-order valence-corrected chi connectivity index (χ1v) is 19.9. The molecule has 0 N–H and O–H groups in total. The summed E-state index contributed by atoms with van der Waals surface area (Å²) in [6.07, 6.45) is 1.65. The molecule has 12 aromatic rings. The highest BCUT2D eigenvalue weighted by molar-refractivity contribution is 7.26. The van der Waals surface area contributed by atoms with Crippen molar-refractivity contribution in [2.45, 2.75) is 0 Å². The van der Waals surface area contributed by atoms with Crippen LogP contribution in [0.2, 0.25) is 0 Å². The Hall–Kier alpha value is -7.34. The summed E-state index contributed by atoms with van der Waals surface area (Å²) in [5.41, 5.74) is 14.5. The first-order valence-electron chi connectivity index (χ1n) is 19.1. The number of para-hydroxylation sites is 2. The van der Waals surface area contributed by atoms with Crippen LogP contribution in [0.4, 0.5) is 0 Å². The Labute approximate surface area is 331 Å². The van der Waals surface area contributed by atoms with Crippen molar-refractivity contribution in [1.29, 1.82) is 0 Å². The molecule has 0 fully saturated rings. The quantitative estimate of drug-likeness (QED) is 0.176. The zero-order chi connectivity index (χ0) is 37.5. The molecule has 0 aliphatic heterocycles. The summed E-state index contributed by atoms with van der Waals surface area (Å²) in [6, 6.07) is 65.1. The van der Waals surface area contributed by atoms with Gasteiger partial charge in [0, 0.05) is 47.6 Å². The third kappa shape index (κ3) is 5.06. The van der Waals surface area contributed by atoms with Crippen molar-refractivity contribution in [2.75, 3.05) is 0 Å². The van der Waals surface area contributed by atoms with Crippen LogP contribution in [0.3, 0.4) is 0 Å². The van der Waals surface area contributed by atoms with Crippen LogP contribution in [0.5, 0.6) is 0 Å². The Morgan fingerprint density at radius 2 is 1.05 bits per heavy atom. The third-order valence-electron chi connectivity index (χ3n) is 11.3. The van der Waals surface area contributed by atoms with Gasteiger partial charge in [0.1, 0.15) is 23.1 Å². The van der Waals surface area contributed by atoms with Gasteiger partial charge in [-0.1, -0.05) is 127 Å². The van der Waals surface area contributed by atoms with Crippen LogP contribution in [-0.4, -0.2) is 14.5 Å². The molecule has 0 spiro atoms. The Morgan fingerprint density at radius 1 is 0.439 bits per heavy atom. The summed E-state index contributed by atoms with van der Waals surface area (Å²) in [5.74, 6) is 0. The predicted molar refractivity (Wildman–Crippen MR) is 238 cm³/mol. The first-order chi connectivity index (χ1) is 28.2. The van der Waals surface area contributed by atoms with Crippen LogP contribution in [-0.2, 0) is 0 Å². The van der Waals surface area contributed by atoms with Crippen molar-refractivity contribution in [3.8, 4) is 50.3 Å². The van der Waals surface area contributed by atoms with Gasteiger partial charge in [0.05, 0.1) is 11.0 Å². The fraction of sp³-hybridized carbons (Fsp3) is 0. The molecule has 5 heteroatoms. The smallest absolute Gasteiger partial charge is 0.180 e. The lowest BCUT2D eigenvalue weighted by molar-refractivity contribution is 0.667. The molecule has 0 saturated heterocycles. The lowest BCUT2D eigenvalue weighted by Gasteiger charge is -2.10. The maximum atomic E-state index is 6.57. The molecule has 57 heavy (non-hydrogen) atoms. The molecule has 12 rings (SSSR count). The molecule has 0 unspecified atom stereocenters. The van der Waals surface area contributed by atoms with E-state index in [1.807, 2.05) is 11.3 Å². The molecule has 0 aliphatic rings. The number of aromatic nitrogens is 3. The molecule has 4 nitrogen and oxygen atoms in total. The molecule has 4 aromatic heterocycles. The topological polar surface area (TPSA) is 43.9 Å². The van der Waals surface area contributed by atoms with Crippen LogP contribution >= 0.6 is 11.3 Å². The predicted octanol–water partition coefficient (Wildman–Crippen LogP) is 14.5. The summed E-state index contributed by atoms with van der Waals surface area (Å²) >= 11 is 1.86. The molecule has 266 valence electrons. The fourth-order valence-electron chi connectivity index (χ4n) is 8.67. The number of hydrogen-bond acceptors (Lipinski definition) is 4. The van der Waals surface area contributed by atoms with E-state index in [1.165, 1.54) is 53.1 Å². The Bertz CT molecular complexity index is 3500. The lowest BCUT2D eigenvalue weighted by Crippen LogP contribution is -1.94. The van der Waals surface area contributed by atoms with Crippen molar-refractivity contribution in [1.82, 2.24) is 14.5 Å². The molecule has 8 aromatic carbocycles. The van der Waals surface area contributed by atoms with E-state index in [0.717, 1.165) is 55.7 Å². The van der Waals surface area contributed by atoms with Gasteiger partial charge >= 0.3 is 0 Å². The second kappa shape index (κ2) is 12.6. The molecule has 0 saturated carbocycles. The minimum absolute atomic E-state index is 0.686. The Balaban J connectivity index is 0.922. The SMILES string of the molecule is c1cc(-c2cccc(-c3cccc4c3sc3ccccc34)c2)cc(-c2ncnc3c2oc2ccc(-c4cccc(-n5c6ccccc6c6ccccc65)c4)cc23)c1. The van der Waals surface area contributed by atoms with Crippen LogP contribution in [0.25, 0.3) is 114 Å². The summed E-state index contributed by atoms with van der Waals surface area (Å²) in [7, 11) is 0. The molecule has 0 radical (unpaired) electrons. The summed E-state index contributed by atoms with van der Waals surface area (Å²) < 4.78 is 11.6. The van der Waals surface area contributed by atoms with E-state index in [0.29, 0.717) is 5.58 Å².